The summed E-state index contributed by atoms with van der Waals surface area (Å²) in [7, 11) is -5.59. The third-order valence-electron chi connectivity index (χ3n) is 2.56. The molecule has 0 aliphatic heterocycles. The third-order valence-corrected chi connectivity index (χ3v) is 5.66. The Kier molecular flexibility index (Phi) is 5.93. The molecule has 11 heteroatoms. The van der Waals surface area contributed by atoms with Crippen molar-refractivity contribution in [3.8, 4) is 0 Å². The minimum Gasteiger partial charge on any atom is -0.387 e. The van der Waals surface area contributed by atoms with Gasteiger partial charge >= 0.3 is 26.9 Å². The van der Waals surface area contributed by atoms with E-state index in [0.717, 1.165) is 31.2 Å². The summed E-state index contributed by atoms with van der Waals surface area (Å²) in [5, 5.41) is -0.656. The van der Waals surface area contributed by atoms with E-state index in [-0.39, 0.29) is 0 Å². The lowest BCUT2D eigenvalue weighted by Crippen LogP contribution is -2.61. The van der Waals surface area contributed by atoms with Crippen LogP contribution in [0.4, 0.5) is 35.1 Å². The van der Waals surface area contributed by atoms with Gasteiger partial charge in [0.25, 0.3) is 0 Å². The second-order valence-corrected chi connectivity index (χ2v) is 6.85. The first-order valence-electron chi connectivity index (χ1n) is 6.03. The minimum absolute atomic E-state index is 0.629. The van der Waals surface area contributed by atoms with Crippen molar-refractivity contribution in [3.63, 3.8) is 0 Å². The van der Waals surface area contributed by atoms with Crippen molar-refractivity contribution in [2.24, 2.45) is 0 Å². The number of rotatable bonds is 6. The number of alkyl halides is 5. The van der Waals surface area contributed by atoms with Crippen LogP contribution in [0.15, 0.2) is 41.9 Å². The van der Waals surface area contributed by atoms with E-state index in [9.17, 15) is 35.1 Å². The average molecular weight is 366 g/mol. The molecule has 23 heavy (non-hydrogen) atoms. The molecule has 0 bridgehead atoms. The van der Waals surface area contributed by atoms with Crippen molar-refractivity contribution < 1.29 is 44.0 Å². The maximum absolute atomic E-state index is 13.9. The highest BCUT2D eigenvalue weighted by Crippen LogP contribution is 2.40. The number of halogens is 8. The van der Waals surface area contributed by atoms with Crippen molar-refractivity contribution in [2.45, 2.75) is 19.2 Å². The van der Waals surface area contributed by atoms with Crippen molar-refractivity contribution in [3.05, 3.63) is 41.9 Å². The van der Waals surface area contributed by atoms with Gasteiger partial charge in [0.15, 0.2) is 0 Å². The van der Waals surface area contributed by atoms with E-state index in [2.05, 4.69) is 8.85 Å². The van der Waals surface area contributed by atoms with E-state index in [1.54, 1.807) is 0 Å². The summed E-state index contributed by atoms with van der Waals surface area (Å²) in [5.41, 5.74) is -2.56. The lowest BCUT2D eigenvalue weighted by molar-refractivity contribution is -0.367. The van der Waals surface area contributed by atoms with Gasteiger partial charge in [-0.15, -0.1) is 0 Å². The van der Waals surface area contributed by atoms with Crippen molar-refractivity contribution in [2.75, 3.05) is 6.61 Å². The summed E-state index contributed by atoms with van der Waals surface area (Å²) in [6.45, 7) is 0.485. The highest BCUT2D eigenvalue weighted by atomic mass is 28.4. The second kappa shape index (κ2) is 6.97. The highest BCUT2D eigenvalue weighted by molar-refractivity contribution is 6.87. The average Bonchev–Trinajstić information content (AvgIpc) is 2.45. The summed E-state index contributed by atoms with van der Waals surface area (Å²) >= 11 is 0. The van der Waals surface area contributed by atoms with E-state index in [0.29, 0.717) is 0 Å². The Morgan fingerprint density at radius 3 is 1.91 bits per heavy atom. The fraction of sp³-hybridized carbons (Fsp3) is 0.333. The van der Waals surface area contributed by atoms with Crippen molar-refractivity contribution in [1.82, 2.24) is 0 Å². The van der Waals surface area contributed by atoms with E-state index < -0.39 is 44.2 Å². The molecule has 130 valence electrons. The standard InChI is InChI=1S/C12H10F8O2Si/c1-2-21-23(10(15)9(13)14,8-6-4-3-5-7-8)22-12(19,20)11(16,17)18/h3-7H,2H2,1H3. The molecule has 1 aromatic carbocycles. The number of benzene rings is 1. The van der Waals surface area contributed by atoms with Gasteiger partial charge in [-0.1, -0.05) is 30.3 Å². The summed E-state index contributed by atoms with van der Waals surface area (Å²) in [4.78, 5) is 0. The molecule has 1 unspecified atom stereocenters. The number of hydrogen-bond acceptors (Lipinski definition) is 2. The van der Waals surface area contributed by atoms with Crippen LogP contribution in [-0.2, 0) is 8.85 Å². The monoisotopic (exact) mass is 366 g/mol. The third kappa shape index (κ3) is 4.09. The smallest absolute Gasteiger partial charge is 0.387 e. The van der Waals surface area contributed by atoms with Gasteiger partial charge in [-0.05, 0) is 6.92 Å². The Morgan fingerprint density at radius 1 is 1.00 bits per heavy atom. The zero-order chi connectivity index (χ0) is 17.9. The van der Waals surface area contributed by atoms with Crippen molar-refractivity contribution in [1.29, 1.82) is 0 Å². The van der Waals surface area contributed by atoms with Gasteiger partial charge in [-0.2, -0.15) is 30.7 Å². The molecule has 0 amide bonds. The molecule has 0 aromatic heterocycles. The normalized spacial score (nSPS) is 15.2. The first kappa shape index (κ1) is 19.6. The fourth-order valence-electron chi connectivity index (χ4n) is 1.63. The SMILES string of the molecule is CCO[Si](OC(F)(F)C(F)(F)F)(C(F)=C(F)F)c1ccccc1. The molecule has 0 N–H and O–H groups in total. The Balaban J connectivity index is 3.56. The molecule has 1 rings (SSSR count). The van der Waals surface area contributed by atoms with Gasteiger partial charge in [0.1, 0.15) is 0 Å². The van der Waals surface area contributed by atoms with E-state index >= 15 is 0 Å². The Hall–Kier alpha value is -1.46. The molecule has 1 atom stereocenters. The minimum atomic E-state index is -6.23. The maximum Gasteiger partial charge on any atom is 0.481 e. The van der Waals surface area contributed by atoms with Crippen LogP contribution in [-0.4, -0.2) is 27.5 Å². The highest BCUT2D eigenvalue weighted by Gasteiger charge is 2.66. The predicted molar refractivity (Wildman–Crippen MR) is 65.9 cm³/mol. The van der Waals surface area contributed by atoms with Crippen LogP contribution in [0.3, 0.4) is 0 Å². The molecule has 0 saturated heterocycles. The molecule has 2 nitrogen and oxygen atoms in total. The number of hydrogen-bond donors (Lipinski definition) is 0. The van der Waals surface area contributed by atoms with Crippen LogP contribution in [0, 0.1) is 0 Å². The van der Waals surface area contributed by atoms with Crippen LogP contribution >= 0.6 is 0 Å². The van der Waals surface area contributed by atoms with Crippen LogP contribution in [0.2, 0.25) is 0 Å². The molecular weight excluding hydrogens is 356 g/mol. The molecule has 0 spiro atoms. The first-order chi connectivity index (χ1) is 10.5. The topological polar surface area (TPSA) is 18.5 Å². The molecule has 0 fully saturated rings. The Bertz CT molecular complexity index is 556. The van der Waals surface area contributed by atoms with Crippen LogP contribution in [0.25, 0.3) is 0 Å². The lowest BCUT2D eigenvalue weighted by atomic mass is 10.4. The molecule has 0 aliphatic rings. The zero-order valence-corrected chi connectivity index (χ0v) is 12.4. The fourth-order valence-corrected chi connectivity index (χ4v) is 4.21. The Labute approximate surface area is 126 Å². The van der Waals surface area contributed by atoms with E-state index in [1.165, 1.54) is 6.07 Å². The maximum atomic E-state index is 13.9. The van der Waals surface area contributed by atoms with Crippen LogP contribution < -0.4 is 5.19 Å². The predicted octanol–water partition coefficient (Wildman–Crippen LogP) is 4.16. The summed E-state index contributed by atoms with van der Waals surface area (Å²) in [5.74, 6) is 0. The lowest BCUT2D eigenvalue weighted by Gasteiger charge is -2.32. The zero-order valence-electron chi connectivity index (χ0n) is 11.4. The summed E-state index contributed by atoms with van der Waals surface area (Å²) in [6.07, 6.45) is -15.2. The van der Waals surface area contributed by atoms with Gasteiger partial charge in [-0.25, -0.2) is 4.39 Å². The summed E-state index contributed by atoms with van der Waals surface area (Å²) in [6, 6.07) is 5.33. The van der Waals surface area contributed by atoms with Crippen LogP contribution in [0.5, 0.6) is 0 Å². The molecular formula is C12H10F8O2Si. The van der Waals surface area contributed by atoms with E-state index in [4.69, 9.17) is 0 Å². The quantitative estimate of drug-likeness (QED) is 0.556. The van der Waals surface area contributed by atoms with Gasteiger partial charge in [0.2, 0.25) is 5.45 Å². The van der Waals surface area contributed by atoms with Gasteiger partial charge < -0.3 is 8.85 Å². The molecule has 1 aromatic rings. The largest absolute Gasteiger partial charge is 0.481 e. The van der Waals surface area contributed by atoms with Gasteiger partial charge in [0, 0.05) is 11.8 Å². The van der Waals surface area contributed by atoms with Crippen molar-refractivity contribution >= 4 is 13.7 Å². The van der Waals surface area contributed by atoms with Gasteiger partial charge in [0.05, 0.1) is 0 Å². The van der Waals surface area contributed by atoms with E-state index in [1.807, 2.05) is 0 Å². The van der Waals surface area contributed by atoms with Gasteiger partial charge in [-0.3, -0.25) is 0 Å². The molecule has 0 heterocycles. The summed E-state index contributed by atoms with van der Waals surface area (Å²) < 4.78 is 111. The molecule has 0 saturated carbocycles. The Morgan fingerprint density at radius 2 is 1.52 bits per heavy atom. The first-order valence-corrected chi connectivity index (χ1v) is 7.85. The molecule has 0 aliphatic carbocycles. The molecule has 0 radical (unpaired) electrons. The van der Waals surface area contributed by atoms with Crippen LogP contribution in [0.1, 0.15) is 6.92 Å². The second-order valence-electron chi connectivity index (χ2n) is 4.11.